The molecule has 1 unspecified atom stereocenters. The Balaban J connectivity index is 1.21. The van der Waals surface area contributed by atoms with Crippen LogP contribution in [0.2, 0.25) is 0 Å². The van der Waals surface area contributed by atoms with Crippen molar-refractivity contribution < 1.29 is 0 Å². The van der Waals surface area contributed by atoms with Crippen LogP contribution in [0.5, 0.6) is 0 Å². The fraction of sp³-hybridized carbons (Fsp3) is 0.143. The average molecular weight is 738 g/mol. The molecular weight excluding hydrogens is 697 g/mol. The summed E-state index contributed by atoms with van der Waals surface area (Å²) in [5, 5.41) is 0. The molecule has 0 spiro atoms. The van der Waals surface area contributed by atoms with Crippen LogP contribution in [0.25, 0.3) is 55.6 Å². The second-order valence-electron chi connectivity index (χ2n) is 18.8. The van der Waals surface area contributed by atoms with E-state index >= 15 is 0 Å². The van der Waals surface area contributed by atoms with Gasteiger partial charge in [-0.2, -0.15) is 0 Å². The van der Waals surface area contributed by atoms with Crippen LogP contribution in [0.4, 0.5) is 17.1 Å². The lowest BCUT2D eigenvalue weighted by Crippen LogP contribution is -2.57. The molecule has 6 aliphatic rings. The number of benzene rings is 8. The molecule has 0 aromatic heterocycles. The lowest BCUT2D eigenvalue weighted by atomic mass is 9.36. The summed E-state index contributed by atoms with van der Waals surface area (Å²) in [6.45, 7) is 12.5. The molecular formula is C56H40BN. The van der Waals surface area contributed by atoms with Crippen molar-refractivity contribution in [3.8, 4) is 55.6 Å². The second-order valence-corrected chi connectivity index (χ2v) is 18.8. The van der Waals surface area contributed by atoms with Crippen LogP contribution in [-0.2, 0) is 16.2 Å². The maximum Gasteiger partial charge on any atom is 0.248 e. The SMILES string of the molecule is CC1(C)c2ccccc2-c2ccc3c(c21)-c1cc(-c2ccccc2)c2c4c1B3c1ccc3c(c1N4c1cccc4c1C2(C)c1ccccc1-4)C(C)(C)c1ccccc1-3. The van der Waals surface area contributed by atoms with Crippen LogP contribution in [-0.4, -0.2) is 6.71 Å². The minimum atomic E-state index is -0.362. The lowest BCUT2D eigenvalue weighted by molar-refractivity contribution is 0.659. The van der Waals surface area contributed by atoms with E-state index in [1.165, 1.54) is 128 Å². The van der Waals surface area contributed by atoms with E-state index in [0.29, 0.717) is 0 Å². The van der Waals surface area contributed by atoms with Gasteiger partial charge < -0.3 is 4.90 Å². The molecule has 14 rings (SSSR count). The van der Waals surface area contributed by atoms with Crippen molar-refractivity contribution in [3.63, 3.8) is 0 Å². The van der Waals surface area contributed by atoms with Gasteiger partial charge in [0.15, 0.2) is 0 Å². The Labute approximate surface area is 340 Å². The molecule has 8 aromatic carbocycles. The van der Waals surface area contributed by atoms with Gasteiger partial charge in [-0.25, -0.2) is 0 Å². The van der Waals surface area contributed by atoms with E-state index in [2.05, 4.69) is 191 Å². The quantitative estimate of drug-likeness (QED) is 0.152. The maximum atomic E-state index is 2.79. The number of nitrogens with zero attached hydrogens (tertiary/aromatic N) is 1. The highest BCUT2D eigenvalue weighted by atomic mass is 15.2. The number of anilines is 3. The zero-order chi connectivity index (χ0) is 38.6. The molecule has 0 amide bonds. The summed E-state index contributed by atoms with van der Waals surface area (Å²) in [4.78, 5) is 2.79. The fourth-order valence-corrected chi connectivity index (χ4v) is 13.4. The highest BCUT2D eigenvalue weighted by Gasteiger charge is 2.57. The predicted molar refractivity (Wildman–Crippen MR) is 243 cm³/mol. The molecule has 0 N–H and O–H groups in total. The second kappa shape index (κ2) is 10.0. The van der Waals surface area contributed by atoms with Crippen LogP contribution < -0.4 is 21.3 Å². The van der Waals surface area contributed by atoms with Crippen molar-refractivity contribution in [2.75, 3.05) is 4.90 Å². The van der Waals surface area contributed by atoms with Crippen molar-refractivity contribution in [2.24, 2.45) is 0 Å². The van der Waals surface area contributed by atoms with Crippen molar-refractivity contribution in [1.29, 1.82) is 0 Å². The first kappa shape index (κ1) is 31.7. The molecule has 2 heteroatoms. The molecule has 1 atom stereocenters. The lowest BCUT2D eigenvalue weighted by Gasteiger charge is -2.49. The minimum Gasteiger partial charge on any atom is -0.310 e. The van der Waals surface area contributed by atoms with Gasteiger partial charge in [0.25, 0.3) is 0 Å². The molecule has 3 aliphatic heterocycles. The first-order chi connectivity index (χ1) is 28.2. The van der Waals surface area contributed by atoms with Crippen LogP contribution in [0.3, 0.4) is 0 Å². The summed E-state index contributed by atoms with van der Waals surface area (Å²) in [7, 11) is 0. The van der Waals surface area contributed by atoms with Gasteiger partial charge in [-0.3, -0.25) is 0 Å². The summed E-state index contributed by atoms with van der Waals surface area (Å²) in [6, 6.07) is 58.6. The van der Waals surface area contributed by atoms with Gasteiger partial charge in [0, 0.05) is 27.6 Å². The molecule has 0 radical (unpaired) electrons. The summed E-state index contributed by atoms with van der Waals surface area (Å²) >= 11 is 0. The Morgan fingerprint density at radius 1 is 0.397 bits per heavy atom. The highest BCUT2D eigenvalue weighted by molar-refractivity contribution is 7.01. The summed E-state index contributed by atoms with van der Waals surface area (Å²) < 4.78 is 0. The Morgan fingerprint density at radius 3 is 1.66 bits per heavy atom. The Morgan fingerprint density at radius 2 is 0.948 bits per heavy atom. The molecule has 3 aliphatic carbocycles. The zero-order valence-corrected chi connectivity index (χ0v) is 33.5. The van der Waals surface area contributed by atoms with Gasteiger partial charge in [0.05, 0.1) is 5.69 Å². The average Bonchev–Trinajstić information content (AvgIpc) is 3.89. The van der Waals surface area contributed by atoms with Gasteiger partial charge in [0.1, 0.15) is 0 Å². The van der Waals surface area contributed by atoms with Gasteiger partial charge >= 0.3 is 0 Å². The Hall–Kier alpha value is -6.38. The maximum absolute atomic E-state index is 2.79. The molecule has 272 valence electrons. The van der Waals surface area contributed by atoms with E-state index in [0.717, 1.165) is 0 Å². The van der Waals surface area contributed by atoms with E-state index in [1.807, 2.05) is 0 Å². The van der Waals surface area contributed by atoms with E-state index in [1.54, 1.807) is 0 Å². The van der Waals surface area contributed by atoms with Crippen LogP contribution in [0, 0.1) is 0 Å². The molecule has 58 heavy (non-hydrogen) atoms. The third kappa shape index (κ3) is 3.30. The number of hydrogen-bond acceptors (Lipinski definition) is 1. The first-order valence-corrected chi connectivity index (χ1v) is 21.1. The van der Waals surface area contributed by atoms with E-state index < -0.39 is 0 Å². The van der Waals surface area contributed by atoms with E-state index in [4.69, 9.17) is 0 Å². The molecule has 3 heterocycles. The summed E-state index contributed by atoms with van der Waals surface area (Å²) in [5.74, 6) is 0. The monoisotopic (exact) mass is 737 g/mol. The van der Waals surface area contributed by atoms with Gasteiger partial charge in [-0.05, 0) is 125 Å². The summed E-state index contributed by atoms with van der Waals surface area (Å²) in [6.07, 6.45) is 0. The summed E-state index contributed by atoms with van der Waals surface area (Å²) in [5.41, 5.74) is 31.5. The molecule has 0 bridgehead atoms. The number of hydrogen-bond donors (Lipinski definition) is 0. The van der Waals surface area contributed by atoms with E-state index in [9.17, 15) is 0 Å². The molecule has 0 saturated carbocycles. The van der Waals surface area contributed by atoms with Crippen molar-refractivity contribution in [1.82, 2.24) is 0 Å². The molecule has 1 nitrogen and oxygen atoms in total. The molecule has 8 aromatic rings. The number of fused-ring (bicyclic) bond motifs is 19. The van der Waals surface area contributed by atoms with Gasteiger partial charge in [-0.15, -0.1) is 0 Å². The van der Waals surface area contributed by atoms with Crippen LogP contribution >= 0.6 is 0 Å². The van der Waals surface area contributed by atoms with Gasteiger partial charge in [-0.1, -0.05) is 173 Å². The Bertz CT molecular complexity index is 3260. The molecule has 0 fully saturated rings. The van der Waals surface area contributed by atoms with Crippen molar-refractivity contribution in [3.05, 3.63) is 191 Å². The van der Waals surface area contributed by atoms with Crippen LogP contribution in [0.15, 0.2) is 152 Å². The number of rotatable bonds is 1. The smallest absolute Gasteiger partial charge is 0.248 e. The largest absolute Gasteiger partial charge is 0.310 e. The standard InChI is InChI=1S/C56H40BN/c1-54(2)40-22-12-9-18-32(40)36-26-28-43-46(48(36)54)39-30-38(31-16-7-6-8-17-31)50-53-51(39)57(43)44-29-27-37-33-19-10-13-23-41(33)55(3,4)49(37)52(44)58(53)45-25-15-21-35-34-20-11-14-24-42(34)56(50,5)47(35)45/h6-30H,1-5H3. The van der Waals surface area contributed by atoms with E-state index in [-0.39, 0.29) is 23.0 Å². The van der Waals surface area contributed by atoms with Crippen molar-refractivity contribution in [2.45, 2.75) is 50.9 Å². The van der Waals surface area contributed by atoms with Crippen LogP contribution in [0.1, 0.15) is 73.6 Å². The predicted octanol–water partition coefficient (Wildman–Crippen LogP) is 11.9. The Kier molecular flexibility index (Phi) is 5.47. The van der Waals surface area contributed by atoms with Crippen molar-refractivity contribution >= 4 is 40.2 Å². The normalized spacial score (nSPS) is 18.7. The zero-order valence-electron chi connectivity index (χ0n) is 33.5. The van der Waals surface area contributed by atoms with Gasteiger partial charge in [0.2, 0.25) is 6.71 Å². The molecule has 0 saturated heterocycles. The highest BCUT2D eigenvalue weighted by Crippen LogP contribution is 2.67. The minimum absolute atomic E-state index is 0.106. The topological polar surface area (TPSA) is 3.24 Å². The third-order valence-corrected chi connectivity index (χ3v) is 15.6. The first-order valence-electron chi connectivity index (χ1n) is 21.1. The fourth-order valence-electron chi connectivity index (χ4n) is 13.4. The third-order valence-electron chi connectivity index (χ3n) is 15.6.